The van der Waals surface area contributed by atoms with Crippen LogP contribution in [0.3, 0.4) is 0 Å². The van der Waals surface area contributed by atoms with Gasteiger partial charge < -0.3 is 15.5 Å². The van der Waals surface area contributed by atoms with Crippen LogP contribution in [0.5, 0.6) is 0 Å². The molecule has 0 bridgehead atoms. The third kappa shape index (κ3) is 8.39. The zero-order chi connectivity index (χ0) is 11.5. The largest absolute Gasteiger partial charge is 0.394 e. The van der Waals surface area contributed by atoms with Crippen LogP contribution in [0.2, 0.25) is 0 Å². The average molecular weight is 217 g/mol. The summed E-state index contributed by atoms with van der Waals surface area (Å²) in [5.74, 6) is -0.0837. The van der Waals surface area contributed by atoms with E-state index in [1.165, 1.54) is 19.3 Å². The SMILES string of the molecule is CCCCCCCC(=O)NC(CO)CO. The molecule has 0 saturated carbocycles. The first-order valence-electron chi connectivity index (χ1n) is 5.75. The lowest BCUT2D eigenvalue weighted by molar-refractivity contribution is -0.122. The normalized spacial score (nSPS) is 10.7. The van der Waals surface area contributed by atoms with E-state index in [-0.39, 0.29) is 19.1 Å². The Morgan fingerprint density at radius 1 is 1.13 bits per heavy atom. The van der Waals surface area contributed by atoms with Crippen LogP contribution >= 0.6 is 0 Å². The van der Waals surface area contributed by atoms with E-state index in [1.807, 2.05) is 0 Å². The Hall–Kier alpha value is -0.610. The summed E-state index contributed by atoms with van der Waals surface area (Å²) in [6.07, 6.45) is 6.04. The number of hydrogen-bond acceptors (Lipinski definition) is 3. The molecule has 15 heavy (non-hydrogen) atoms. The van der Waals surface area contributed by atoms with Gasteiger partial charge in [-0.05, 0) is 6.42 Å². The zero-order valence-corrected chi connectivity index (χ0v) is 9.54. The molecule has 1 amide bonds. The number of aliphatic hydroxyl groups excluding tert-OH is 2. The van der Waals surface area contributed by atoms with Crippen molar-refractivity contribution in [1.82, 2.24) is 5.32 Å². The maximum Gasteiger partial charge on any atom is 0.220 e. The second-order valence-corrected chi connectivity index (χ2v) is 3.79. The highest BCUT2D eigenvalue weighted by molar-refractivity contribution is 5.76. The van der Waals surface area contributed by atoms with Crippen LogP contribution in [0.1, 0.15) is 45.4 Å². The summed E-state index contributed by atoms with van der Waals surface area (Å²) >= 11 is 0. The molecule has 0 radical (unpaired) electrons. The Labute approximate surface area is 91.7 Å². The van der Waals surface area contributed by atoms with Crippen molar-refractivity contribution < 1.29 is 15.0 Å². The van der Waals surface area contributed by atoms with E-state index in [9.17, 15) is 4.79 Å². The Balaban J connectivity index is 3.40. The molecule has 0 heterocycles. The minimum atomic E-state index is -0.506. The van der Waals surface area contributed by atoms with Crippen LogP contribution in [-0.4, -0.2) is 35.4 Å². The van der Waals surface area contributed by atoms with Gasteiger partial charge in [-0.3, -0.25) is 4.79 Å². The second-order valence-electron chi connectivity index (χ2n) is 3.79. The molecule has 0 fully saturated rings. The monoisotopic (exact) mass is 217 g/mol. The molecule has 4 heteroatoms. The lowest BCUT2D eigenvalue weighted by atomic mass is 10.1. The van der Waals surface area contributed by atoms with Gasteiger partial charge in [0.05, 0.1) is 19.3 Å². The van der Waals surface area contributed by atoms with Gasteiger partial charge in [-0.1, -0.05) is 32.6 Å². The highest BCUT2D eigenvalue weighted by Gasteiger charge is 2.08. The summed E-state index contributed by atoms with van der Waals surface area (Å²) in [6.45, 7) is 1.73. The van der Waals surface area contributed by atoms with Gasteiger partial charge in [0.1, 0.15) is 0 Å². The highest BCUT2D eigenvalue weighted by Crippen LogP contribution is 2.04. The smallest absolute Gasteiger partial charge is 0.220 e. The minimum Gasteiger partial charge on any atom is -0.394 e. The fraction of sp³-hybridized carbons (Fsp3) is 0.909. The van der Waals surface area contributed by atoms with Crippen molar-refractivity contribution in [2.24, 2.45) is 0 Å². The highest BCUT2D eigenvalue weighted by atomic mass is 16.3. The van der Waals surface area contributed by atoms with E-state index in [0.717, 1.165) is 12.8 Å². The predicted molar refractivity (Wildman–Crippen MR) is 59.5 cm³/mol. The molecule has 0 aromatic heterocycles. The van der Waals surface area contributed by atoms with Crippen LogP contribution in [0.25, 0.3) is 0 Å². The standard InChI is InChI=1S/C11H23NO3/c1-2-3-4-5-6-7-11(15)12-10(8-13)9-14/h10,13-14H,2-9H2,1H3,(H,12,15). The summed E-state index contributed by atoms with van der Waals surface area (Å²) in [5.41, 5.74) is 0. The van der Waals surface area contributed by atoms with Gasteiger partial charge >= 0.3 is 0 Å². The number of aliphatic hydroxyl groups is 2. The van der Waals surface area contributed by atoms with E-state index in [4.69, 9.17) is 10.2 Å². The maximum absolute atomic E-state index is 11.3. The fourth-order valence-electron chi connectivity index (χ4n) is 1.34. The van der Waals surface area contributed by atoms with Crippen molar-refractivity contribution in [3.05, 3.63) is 0 Å². The Morgan fingerprint density at radius 3 is 2.27 bits per heavy atom. The number of amides is 1. The molecule has 0 aromatic rings. The van der Waals surface area contributed by atoms with E-state index in [0.29, 0.717) is 6.42 Å². The van der Waals surface area contributed by atoms with E-state index >= 15 is 0 Å². The maximum atomic E-state index is 11.3. The molecular weight excluding hydrogens is 194 g/mol. The van der Waals surface area contributed by atoms with Gasteiger partial charge in [0.15, 0.2) is 0 Å². The zero-order valence-electron chi connectivity index (χ0n) is 9.54. The van der Waals surface area contributed by atoms with Crippen molar-refractivity contribution in [2.75, 3.05) is 13.2 Å². The van der Waals surface area contributed by atoms with Crippen LogP contribution in [0.15, 0.2) is 0 Å². The van der Waals surface area contributed by atoms with E-state index in [1.54, 1.807) is 0 Å². The predicted octanol–water partition coefficient (Wildman–Crippen LogP) is 0.816. The number of nitrogens with one attached hydrogen (secondary N) is 1. The molecule has 0 saturated heterocycles. The van der Waals surface area contributed by atoms with Crippen LogP contribution < -0.4 is 5.32 Å². The van der Waals surface area contributed by atoms with Crippen LogP contribution in [0.4, 0.5) is 0 Å². The number of carbonyl (C=O) groups is 1. The molecule has 0 unspecified atom stereocenters. The van der Waals surface area contributed by atoms with Crippen molar-refractivity contribution in [3.8, 4) is 0 Å². The van der Waals surface area contributed by atoms with Crippen LogP contribution in [0, 0.1) is 0 Å². The second kappa shape index (κ2) is 9.93. The Morgan fingerprint density at radius 2 is 1.73 bits per heavy atom. The summed E-state index contributed by atoms with van der Waals surface area (Å²) in [4.78, 5) is 11.3. The van der Waals surface area contributed by atoms with Gasteiger partial charge in [0, 0.05) is 6.42 Å². The molecule has 3 N–H and O–H groups in total. The molecule has 0 aliphatic carbocycles. The van der Waals surface area contributed by atoms with Gasteiger partial charge in [-0.2, -0.15) is 0 Å². The van der Waals surface area contributed by atoms with Gasteiger partial charge in [0.2, 0.25) is 5.91 Å². The summed E-state index contributed by atoms with van der Waals surface area (Å²) in [6, 6.07) is -0.506. The molecule has 0 rings (SSSR count). The first-order valence-corrected chi connectivity index (χ1v) is 5.75. The number of hydrogen-bond donors (Lipinski definition) is 3. The molecule has 0 atom stereocenters. The summed E-state index contributed by atoms with van der Waals surface area (Å²) < 4.78 is 0. The van der Waals surface area contributed by atoms with E-state index in [2.05, 4.69) is 12.2 Å². The molecule has 0 spiro atoms. The molecular formula is C11H23NO3. The summed E-state index contributed by atoms with van der Waals surface area (Å²) in [5, 5.41) is 20.1. The number of rotatable bonds is 9. The molecule has 0 aromatic carbocycles. The first kappa shape index (κ1) is 14.4. The molecule has 90 valence electrons. The van der Waals surface area contributed by atoms with Crippen molar-refractivity contribution in [3.63, 3.8) is 0 Å². The third-order valence-corrected chi connectivity index (χ3v) is 2.31. The molecule has 0 aliphatic heterocycles. The van der Waals surface area contributed by atoms with Crippen molar-refractivity contribution >= 4 is 5.91 Å². The minimum absolute atomic E-state index is 0.0837. The lowest BCUT2D eigenvalue weighted by Gasteiger charge is -2.12. The topological polar surface area (TPSA) is 69.6 Å². The van der Waals surface area contributed by atoms with Crippen molar-refractivity contribution in [2.45, 2.75) is 51.5 Å². The number of unbranched alkanes of at least 4 members (excludes halogenated alkanes) is 4. The Kier molecular flexibility index (Phi) is 9.52. The number of carbonyl (C=O) groups excluding carboxylic acids is 1. The Bertz CT molecular complexity index is 158. The average Bonchev–Trinajstić information content (AvgIpc) is 2.25. The molecule has 4 nitrogen and oxygen atoms in total. The van der Waals surface area contributed by atoms with E-state index < -0.39 is 6.04 Å². The lowest BCUT2D eigenvalue weighted by Crippen LogP contribution is -2.39. The van der Waals surface area contributed by atoms with Crippen LogP contribution in [-0.2, 0) is 4.79 Å². The summed E-state index contributed by atoms with van der Waals surface area (Å²) in [7, 11) is 0. The first-order chi connectivity index (χ1) is 7.24. The fourth-order valence-corrected chi connectivity index (χ4v) is 1.34. The van der Waals surface area contributed by atoms with Gasteiger partial charge in [-0.25, -0.2) is 0 Å². The quantitative estimate of drug-likeness (QED) is 0.501. The third-order valence-electron chi connectivity index (χ3n) is 2.31. The molecule has 0 aliphatic rings. The van der Waals surface area contributed by atoms with Gasteiger partial charge in [0.25, 0.3) is 0 Å². The van der Waals surface area contributed by atoms with Crippen molar-refractivity contribution in [1.29, 1.82) is 0 Å². The van der Waals surface area contributed by atoms with Gasteiger partial charge in [-0.15, -0.1) is 0 Å².